The van der Waals surface area contributed by atoms with Crippen LogP contribution in [-0.2, 0) is 9.59 Å². The molecule has 30 heavy (non-hydrogen) atoms. The Bertz CT molecular complexity index is 972. The number of aliphatic hydroxyl groups is 1. The number of benzene rings is 2. The van der Waals surface area contributed by atoms with Gasteiger partial charge in [0, 0.05) is 12.1 Å². The fraction of sp³-hybridized carbons (Fsp3) is 0.304. The number of rotatable bonds is 7. The Labute approximate surface area is 181 Å². The van der Waals surface area contributed by atoms with Gasteiger partial charge in [-0.25, -0.2) is 0 Å². The number of ether oxygens (including phenoxy) is 1. The summed E-state index contributed by atoms with van der Waals surface area (Å²) in [5.74, 6) is -1.10. The van der Waals surface area contributed by atoms with Crippen LogP contribution >= 0.6 is 11.6 Å². The second-order valence-electron chi connectivity index (χ2n) is 7.41. The lowest BCUT2D eigenvalue weighted by atomic mass is 9.95. The molecule has 158 valence electrons. The molecule has 1 amide bonds. The van der Waals surface area contributed by atoms with Crippen LogP contribution in [0.15, 0.2) is 54.1 Å². The number of nitrogens with zero attached hydrogens (tertiary/aromatic N) is 2. The van der Waals surface area contributed by atoms with E-state index in [4.69, 9.17) is 16.3 Å². The molecule has 0 aliphatic carbocycles. The number of carbonyl (C=O) groups excluding carboxylic acids is 2. The normalized spacial score (nSPS) is 18.3. The zero-order valence-corrected chi connectivity index (χ0v) is 18.0. The van der Waals surface area contributed by atoms with Gasteiger partial charge in [-0.15, -0.1) is 0 Å². The standard InChI is InChI=1S/C23H25ClN2O4/c1-25(2)12-7-13-26-20(15-8-5-4-6-9-15)19(22(28)23(26)29)21(27)16-10-11-18(30-3)17(24)14-16/h4-6,8-11,14,20,27H,7,12-13H2,1-3H3/b21-19+/t20-/m1/s1. The molecule has 0 unspecified atom stereocenters. The third-order valence-electron chi connectivity index (χ3n) is 5.08. The molecule has 1 N–H and O–H groups in total. The highest BCUT2D eigenvalue weighted by Crippen LogP contribution is 2.40. The Morgan fingerprint density at radius 3 is 2.47 bits per heavy atom. The molecule has 0 aromatic heterocycles. The van der Waals surface area contributed by atoms with Gasteiger partial charge in [0.15, 0.2) is 0 Å². The lowest BCUT2D eigenvalue weighted by Crippen LogP contribution is -2.32. The SMILES string of the molecule is COc1ccc(/C(O)=C2\C(=O)C(=O)N(CCCN(C)C)[C@@H]2c2ccccc2)cc1Cl. The molecule has 0 spiro atoms. The summed E-state index contributed by atoms with van der Waals surface area (Å²) in [6.45, 7) is 1.18. The third kappa shape index (κ3) is 4.35. The molecule has 1 aliphatic rings. The number of aliphatic hydroxyl groups excluding tert-OH is 1. The zero-order valence-electron chi connectivity index (χ0n) is 17.3. The van der Waals surface area contributed by atoms with E-state index < -0.39 is 17.7 Å². The van der Waals surface area contributed by atoms with Gasteiger partial charge in [-0.05, 0) is 50.8 Å². The summed E-state index contributed by atoms with van der Waals surface area (Å²) < 4.78 is 5.15. The van der Waals surface area contributed by atoms with Crippen molar-refractivity contribution in [1.82, 2.24) is 9.80 Å². The van der Waals surface area contributed by atoms with Crippen LogP contribution in [-0.4, -0.2) is 60.9 Å². The van der Waals surface area contributed by atoms with Gasteiger partial charge in [0.1, 0.15) is 11.5 Å². The van der Waals surface area contributed by atoms with Crippen LogP contribution in [0.5, 0.6) is 5.75 Å². The molecule has 0 bridgehead atoms. The number of carbonyl (C=O) groups is 2. The van der Waals surface area contributed by atoms with Crippen molar-refractivity contribution >= 4 is 29.1 Å². The minimum absolute atomic E-state index is 0.0669. The van der Waals surface area contributed by atoms with Gasteiger partial charge >= 0.3 is 0 Å². The van der Waals surface area contributed by atoms with Crippen molar-refractivity contribution in [3.8, 4) is 5.75 Å². The van der Waals surface area contributed by atoms with Gasteiger partial charge in [0.2, 0.25) is 0 Å². The van der Waals surface area contributed by atoms with E-state index in [1.165, 1.54) is 18.1 Å². The summed E-state index contributed by atoms with van der Waals surface area (Å²) in [6, 6.07) is 13.4. The monoisotopic (exact) mass is 428 g/mol. The Morgan fingerprint density at radius 2 is 1.87 bits per heavy atom. The van der Waals surface area contributed by atoms with Crippen molar-refractivity contribution in [1.29, 1.82) is 0 Å². The molecule has 2 aromatic carbocycles. The fourth-order valence-electron chi connectivity index (χ4n) is 3.62. The van der Waals surface area contributed by atoms with Gasteiger partial charge in [-0.1, -0.05) is 41.9 Å². The summed E-state index contributed by atoms with van der Waals surface area (Å²) >= 11 is 6.20. The summed E-state index contributed by atoms with van der Waals surface area (Å²) in [6.07, 6.45) is 0.706. The van der Waals surface area contributed by atoms with Crippen LogP contribution in [0.1, 0.15) is 23.6 Å². The quantitative estimate of drug-likeness (QED) is 0.413. The molecule has 1 aliphatic heterocycles. The molecule has 1 atom stereocenters. The number of ketones is 1. The first-order valence-electron chi connectivity index (χ1n) is 9.67. The van der Waals surface area contributed by atoms with Gasteiger partial charge in [-0.2, -0.15) is 0 Å². The zero-order chi connectivity index (χ0) is 21.8. The van der Waals surface area contributed by atoms with E-state index in [0.29, 0.717) is 29.3 Å². The van der Waals surface area contributed by atoms with Crippen molar-refractivity contribution in [2.24, 2.45) is 0 Å². The minimum Gasteiger partial charge on any atom is -0.507 e. The van der Waals surface area contributed by atoms with E-state index >= 15 is 0 Å². The van der Waals surface area contributed by atoms with E-state index in [1.807, 2.05) is 49.3 Å². The topological polar surface area (TPSA) is 70.1 Å². The number of hydrogen-bond acceptors (Lipinski definition) is 5. The first-order valence-corrected chi connectivity index (χ1v) is 10.0. The first kappa shape index (κ1) is 21.9. The van der Waals surface area contributed by atoms with Gasteiger partial charge < -0.3 is 19.6 Å². The van der Waals surface area contributed by atoms with Crippen molar-refractivity contribution in [3.63, 3.8) is 0 Å². The Kier molecular flexibility index (Phi) is 6.80. The molecule has 7 heteroatoms. The largest absolute Gasteiger partial charge is 0.507 e. The smallest absolute Gasteiger partial charge is 0.295 e. The lowest BCUT2D eigenvalue weighted by molar-refractivity contribution is -0.139. The van der Waals surface area contributed by atoms with Crippen LogP contribution in [0.25, 0.3) is 5.76 Å². The van der Waals surface area contributed by atoms with Crippen LogP contribution in [0.2, 0.25) is 5.02 Å². The van der Waals surface area contributed by atoms with E-state index in [0.717, 1.165) is 12.1 Å². The first-order chi connectivity index (χ1) is 14.3. The Hall–Kier alpha value is -2.83. The lowest BCUT2D eigenvalue weighted by Gasteiger charge is -2.26. The summed E-state index contributed by atoms with van der Waals surface area (Å²) in [7, 11) is 5.40. The molecule has 0 radical (unpaired) electrons. The van der Waals surface area contributed by atoms with Gasteiger partial charge in [0.05, 0.1) is 23.7 Å². The minimum atomic E-state index is -0.696. The van der Waals surface area contributed by atoms with Crippen LogP contribution in [0, 0.1) is 0 Å². The highest BCUT2D eigenvalue weighted by Gasteiger charge is 2.45. The highest BCUT2D eigenvalue weighted by molar-refractivity contribution is 6.46. The maximum absolute atomic E-state index is 12.9. The number of halogens is 1. The predicted octanol–water partition coefficient (Wildman–Crippen LogP) is 3.72. The summed E-state index contributed by atoms with van der Waals surface area (Å²) in [5, 5.41) is 11.3. The Morgan fingerprint density at radius 1 is 1.17 bits per heavy atom. The molecule has 1 fully saturated rings. The van der Waals surface area contributed by atoms with Crippen LogP contribution in [0.3, 0.4) is 0 Å². The maximum atomic E-state index is 12.9. The average Bonchev–Trinajstić information content (AvgIpc) is 2.98. The molecule has 3 rings (SSSR count). The van der Waals surface area contributed by atoms with Crippen molar-refractivity contribution < 1.29 is 19.4 Å². The molecule has 6 nitrogen and oxygen atoms in total. The maximum Gasteiger partial charge on any atom is 0.295 e. The molecular formula is C23H25ClN2O4. The van der Waals surface area contributed by atoms with Crippen molar-refractivity contribution in [2.75, 3.05) is 34.3 Å². The number of hydrogen-bond donors (Lipinski definition) is 1. The highest BCUT2D eigenvalue weighted by atomic mass is 35.5. The molecule has 2 aromatic rings. The van der Waals surface area contributed by atoms with Crippen molar-refractivity contribution in [2.45, 2.75) is 12.5 Å². The van der Waals surface area contributed by atoms with Crippen LogP contribution < -0.4 is 4.74 Å². The number of likely N-dealkylation sites (tertiary alicyclic amines) is 1. The number of methoxy groups -OCH3 is 1. The predicted molar refractivity (Wildman–Crippen MR) is 117 cm³/mol. The van der Waals surface area contributed by atoms with E-state index in [1.54, 1.807) is 12.1 Å². The van der Waals surface area contributed by atoms with E-state index in [2.05, 4.69) is 0 Å². The second-order valence-corrected chi connectivity index (χ2v) is 7.82. The molecule has 0 saturated carbocycles. The Balaban J connectivity index is 2.08. The summed E-state index contributed by atoms with van der Waals surface area (Å²) in [5.41, 5.74) is 1.19. The molecule has 1 heterocycles. The molecule has 1 saturated heterocycles. The summed E-state index contributed by atoms with van der Waals surface area (Å²) in [4.78, 5) is 29.4. The second kappa shape index (κ2) is 9.32. The average molecular weight is 429 g/mol. The van der Waals surface area contributed by atoms with E-state index in [9.17, 15) is 14.7 Å². The molecular weight excluding hydrogens is 404 g/mol. The van der Waals surface area contributed by atoms with Crippen molar-refractivity contribution in [3.05, 3.63) is 70.3 Å². The van der Waals surface area contributed by atoms with Gasteiger partial charge in [-0.3, -0.25) is 9.59 Å². The van der Waals surface area contributed by atoms with E-state index in [-0.39, 0.29) is 11.3 Å². The number of amides is 1. The number of Topliss-reactive ketones (excluding diaryl/α,β-unsaturated/α-hetero) is 1. The fourth-order valence-corrected chi connectivity index (χ4v) is 3.88. The van der Waals surface area contributed by atoms with Crippen LogP contribution in [0.4, 0.5) is 0 Å². The third-order valence-corrected chi connectivity index (χ3v) is 5.38. The van der Waals surface area contributed by atoms with Gasteiger partial charge in [0.25, 0.3) is 11.7 Å².